The van der Waals surface area contributed by atoms with Crippen molar-refractivity contribution >= 4 is 13.2 Å². The van der Waals surface area contributed by atoms with E-state index in [1.807, 2.05) is 0 Å². The van der Waals surface area contributed by atoms with E-state index >= 15 is 0 Å². The van der Waals surface area contributed by atoms with Crippen molar-refractivity contribution in [1.82, 2.24) is 0 Å². The minimum Gasteiger partial charge on any atom is -1.00 e. The van der Waals surface area contributed by atoms with E-state index in [2.05, 4.69) is 20.8 Å². The van der Waals surface area contributed by atoms with Crippen molar-refractivity contribution in [2.75, 3.05) is 18.5 Å². The van der Waals surface area contributed by atoms with Crippen LogP contribution in [0.25, 0.3) is 0 Å². The van der Waals surface area contributed by atoms with E-state index in [0.717, 1.165) is 18.4 Å². The minimum atomic E-state index is -1.22. The number of unbranched alkanes of at least 4 members (excludes halogenated alkanes) is 3. The van der Waals surface area contributed by atoms with Gasteiger partial charge in [0.05, 0.1) is 25.7 Å². The van der Waals surface area contributed by atoms with Crippen LogP contribution in [0, 0.1) is 0 Å². The van der Waals surface area contributed by atoms with E-state index in [9.17, 15) is 4.79 Å². The van der Waals surface area contributed by atoms with Crippen molar-refractivity contribution in [2.24, 2.45) is 0 Å². The predicted octanol–water partition coefficient (Wildman–Crippen LogP) is 3.16. The first kappa shape index (κ1) is 22.2. The molecule has 1 aliphatic carbocycles. The third-order valence-electron chi connectivity index (χ3n) is 5.64. The van der Waals surface area contributed by atoms with Crippen molar-refractivity contribution in [1.29, 1.82) is 0 Å². The molecule has 0 aromatic carbocycles. The van der Waals surface area contributed by atoms with Crippen LogP contribution in [-0.2, 0) is 9.53 Å². The van der Waals surface area contributed by atoms with Gasteiger partial charge in [-0.3, -0.25) is 0 Å². The highest BCUT2D eigenvalue weighted by Crippen LogP contribution is 2.69. The van der Waals surface area contributed by atoms with E-state index in [-0.39, 0.29) is 28.8 Å². The average Bonchev–Trinajstić information content (AvgIpc) is 2.93. The zero-order valence-electron chi connectivity index (χ0n) is 15.9. The molecule has 1 heterocycles. The Morgan fingerprint density at radius 2 is 1.42 bits per heavy atom. The Hall–Kier alpha value is 0.120. The molecule has 0 radical (unpaired) electrons. The molecule has 2 aliphatic rings. The maximum atomic E-state index is 12.4. The zero-order valence-corrected chi connectivity index (χ0v) is 18.4. The predicted molar refractivity (Wildman–Crippen MR) is 102 cm³/mol. The number of cyclic esters (lactones) is 1. The first-order valence-electron chi connectivity index (χ1n) is 9.97. The van der Waals surface area contributed by atoms with E-state index in [1.165, 1.54) is 75.4 Å². The van der Waals surface area contributed by atoms with Crippen molar-refractivity contribution in [3.05, 3.63) is 11.1 Å². The fourth-order valence-electron chi connectivity index (χ4n) is 4.23. The first-order valence-corrected chi connectivity index (χ1v) is 12.4. The van der Waals surface area contributed by atoms with Crippen LogP contribution in [0.4, 0.5) is 0 Å². The summed E-state index contributed by atoms with van der Waals surface area (Å²) in [6.07, 6.45) is 16.2. The molecule has 0 fully saturated rings. The lowest BCUT2D eigenvalue weighted by Crippen LogP contribution is -3.00. The Labute approximate surface area is 160 Å². The number of ether oxygens (including phenoxy) is 1. The fourth-order valence-corrected chi connectivity index (χ4v) is 9.70. The summed E-state index contributed by atoms with van der Waals surface area (Å²) in [6, 6.07) is 0. The topological polar surface area (TPSA) is 26.3 Å². The molecule has 2 rings (SSSR count). The van der Waals surface area contributed by atoms with E-state index < -0.39 is 7.26 Å². The normalized spacial score (nSPS) is 20.6. The summed E-state index contributed by atoms with van der Waals surface area (Å²) < 4.78 is 6.10. The molecule has 0 spiro atoms. The maximum Gasteiger partial charge on any atom is 0.337 e. The van der Waals surface area contributed by atoms with Gasteiger partial charge in [0.2, 0.25) is 5.85 Å². The molecular weight excluding hydrogens is 383 g/mol. The van der Waals surface area contributed by atoms with Gasteiger partial charge in [0.15, 0.2) is 0 Å². The molecular formula is C20H36BrO2P. The van der Waals surface area contributed by atoms with Crippen LogP contribution in [0.5, 0.6) is 0 Å². The van der Waals surface area contributed by atoms with Gasteiger partial charge in [-0.15, -0.1) is 0 Å². The van der Waals surface area contributed by atoms with Gasteiger partial charge in [0.25, 0.3) is 0 Å². The van der Waals surface area contributed by atoms with Crippen molar-refractivity contribution in [3.8, 4) is 0 Å². The molecule has 0 aromatic rings. The second kappa shape index (κ2) is 11.0. The molecule has 140 valence electrons. The SMILES string of the molecule is CCCC[P+](CCCC)(CCCC)C1OC(=O)C2=C1CCCC2.[Br-]. The van der Waals surface area contributed by atoms with Crippen LogP contribution < -0.4 is 17.0 Å². The van der Waals surface area contributed by atoms with Crippen LogP contribution >= 0.6 is 7.26 Å². The standard InChI is InChI=1S/C20H36O2P.BrH/c1-4-7-14-23(15-8-5-2,16-9-6-3)20-18-13-11-10-12-17(18)19(21)22-20;/h20H,4-16H2,1-3H3;1H/q+1;/p-1. The van der Waals surface area contributed by atoms with Gasteiger partial charge < -0.3 is 21.7 Å². The van der Waals surface area contributed by atoms with Crippen LogP contribution in [0.3, 0.4) is 0 Å². The second-order valence-corrected chi connectivity index (χ2v) is 11.7. The summed E-state index contributed by atoms with van der Waals surface area (Å²) in [5, 5.41) is 0. The summed E-state index contributed by atoms with van der Waals surface area (Å²) in [5.74, 6) is 0.244. The van der Waals surface area contributed by atoms with Gasteiger partial charge in [0.1, 0.15) is 0 Å². The summed E-state index contributed by atoms with van der Waals surface area (Å²) in [5.41, 5.74) is 2.52. The number of carbonyl (C=O) groups excluding carboxylic acids is 1. The maximum absolute atomic E-state index is 12.4. The smallest absolute Gasteiger partial charge is 0.337 e. The summed E-state index contributed by atoms with van der Waals surface area (Å²) in [7, 11) is -1.22. The van der Waals surface area contributed by atoms with E-state index in [0.29, 0.717) is 0 Å². The van der Waals surface area contributed by atoms with Gasteiger partial charge in [-0.2, -0.15) is 0 Å². The lowest BCUT2D eigenvalue weighted by molar-refractivity contribution is -0.137. The Morgan fingerprint density at radius 1 is 0.917 bits per heavy atom. The number of halogens is 1. The third-order valence-corrected chi connectivity index (χ3v) is 10.7. The lowest BCUT2D eigenvalue weighted by atomic mass is 9.94. The molecule has 1 atom stereocenters. The van der Waals surface area contributed by atoms with E-state index in [1.54, 1.807) is 0 Å². The molecule has 0 saturated carbocycles. The molecule has 4 heteroatoms. The Bertz CT molecular complexity index is 412. The number of hydrogen-bond donors (Lipinski definition) is 0. The van der Waals surface area contributed by atoms with Gasteiger partial charge in [-0.05, 0) is 44.9 Å². The minimum absolute atomic E-state index is 0. The average molecular weight is 419 g/mol. The Morgan fingerprint density at radius 3 is 1.92 bits per heavy atom. The van der Waals surface area contributed by atoms with Crippen LogP contribution in [0.1, 0.15) is 85.0 Å². The van der Waals surface area contributed by atoms with Gasteiger partial charge in [-0.1, -0.05) is 40.0 Å². The van der Waals surface area contributed by atoms with Crippen LogP contribution in [0.15, 0.2) is 11.1 Å². The van der Waals surface area contributed by atoms with E-state index in [4.69, 9.17) is 4.74 Å². The molecule has 1 aliphatic heterocycles. The van der Waals surface area contributed by atoms with Crippen LogP contribution in [-0.4, -0.2) is 30.3 Å². The van der Waals surface area contributed by atoms with Gasteiger partial charge >= 0.3 is 5.97 Å². The third kappa shape index (κ3) is 5.07. The van der Waals surface area contributed by atoms with Crippen molar-refractivity contribution < 1.29 is 26.5 Å². The molecule has 24 heavy (non-hydrogen) atoms. The molecule has 2 nitrogen and oxygen atoms in total. The lowest BCUT2D eigenvalue weighted by Gasteiger charge is -2.33. The largest absolute Gasteiger partial charge is 1.00 e. The zero-order chi connectivity index (χ0) is 16.7. The summed E-state index contributed by atoms with van der Waals surface area (Å²) >= 11 is 0. The summed E-state index contributed by atoms with van der Waals surface area (Å²) in [4.78, 5) is 12.4. The number of esters is 1. The molecule has 0 saturated heterocycles. The molecule has 0 N–H and O–H groups in total. The van der Waals surface area contributed by atoms with Crippen molar-refractivity contribution in [2.45, 2.75) is 90.8 Å². The highest BCUT2D eigenvalue weighted by Gasteiger charge is 2.53. The van der Waals surface area contributed by atoms with Crippen LogP contribution in [0.2, 0.25) is 0 Å². The highest BCUT2D eigenvalue weighted by molar-refractivity contribution is 7.76. The quantitative estimate of drug-likeness (QED) is 0.402. The second-order valence-electron chi connectivity index (χ2n) is 7.42. The fraction of sp³-hybridized carbons (Fsp3) is 0.850. The first-order chi connectivity index (χ1) is 11.2. The monoisotopic (exact) mass is 418 g/mol. The highest BCUT2D eigenvalue weighted by atomic mass is 79.9. The molecule has 0 amide bonds. The molecule has 1 unspecified atom stereocenters. The van der Waals surface area contributed by atoms with Gasteiger partial charge in [-0.25, -0.2) is 4.79 Å². The van der Waals surface area contributed by atoms with Gasteiger partial charge in [0, 0.05) is 11.1 Å². The Kier molecular flexibility index (Phi) is 10.1. The van der Waals surface area contributed by atoms with Crippen molar-refractivity contribution in [3.63, 3.8) is 0 Å². The summed E-state index contributed by atoms with van der Waals surface area (Å²) in [6.45, 7) is 6.88. The number of carbonyl (C=O) groups is 1. The molecule has 0 bridgehead atoms. The number of hydrogen-bond acceptors (Lipinski definition) is 2. The Balaban J connectivity index is 0.00000288. The number of rotatable bonds is 10. The molecule has 0 aromatic heterocycles.